The Kier molecular flexibility index (Phi) is 6.89. The first-order chi connectivity index (χ1) is 12.0. The van der Waals surface area contributed by atoms with Crippen molar-refractivity contribution in [1.29, 1.82) is 0 Å². The Morgan fingerprint density at radius 2 is 1.96 bits per heavy atom. The van der Waals surface area contributed by atoms with E-state index in [0.29, 0.717) is 0 Å². The molecule has 2 aromatic heterocycles. The first kappa shape index (κ1) is 20.5. The normalized spacial score (nSPS) is 15.2. The van der Waals surface area contributed by atoms with Gasteiger partial charge in [-0.2, -0.15) is 0 Å². The molecule has 0 bridgehead atoms. The fourth-order valence-electron chi connectivity index (χ4n) is 3.73. The molecule has 1 saturated heterocycles. The van der Waals surface area contributed by atoms with Crippen molar-refractivity contribution in [2.24, 2.45) is 5.92 Å². The zero-order valence-electron chi connectivity index (χ0n) is 16.0. The van der Waals surface area contributed by atoms with Gasteiger partial charge in [0.05, 0.1) is 5.56 Å². The van der Waals surface area contributed by atoms with E-state index in [1.165, 1.54) is 6.42 Å². The van der Waals surface area contributed by atoms with E-state index < -0.39 is 0 Å². The SMILES string of the molecule is CNCCC1CCN(C(=O)c2cc(C)n(-c3cc(C)on3)c2C)CC1.Cl. The van der Waals surface area contributed by atoms with Crippen molar-refractivity contribution in [3.05, 3.63) is 34.8 Å². The molecule has 7 heteroatoms. The molecule has 1 aliphatic heterocycles. The summed E-state index contributed by atoms with van der Waals surface area (Å²) in [6.07, 6.45) is 3.38. The summed E-state index contributed by atoms with van der Waals surface area (Å²) >= 11 is 0. The predicted molar refractivity (Wildman–Crippen MR) is 104 cm³/mol. The van der Waals surface area contributed by atoms with E-state index in [-0.39, 0.29) is 18.3 Å². The highest BCUT2D eigenvalue weighted by Gasteiger charge is 2.26. The second-order valence-electron chi connectivity index (χ2n) is 7.04. The number of hydrogen-bond donors (Lipinski definition) is 1. The molecule has 1 N–H and O–H groups in total. The van der Waals surface area contributed by atoms with Crippen molar-refractivity contribution < 1.29 is 9.32 Å². The van der Waals surface area contributed by atoms with Crippen molar-refractivity contribution in [2.45, 2.75) is 40.0 Å². The molecule has 0 radical (unpaired) electrons. The molecular weight excluding hydrogens is 352 g/mol. The first-order valence-electron chi connectivity index (χ1n) is 9.07. The van der Waals surface area contributed by atoms with E-state index in [4.69, 9.17) is 4.52 Å². The van der Waals surface area contributed by atoms with Crippen molar-refractivity contribution in [2.75, 3.05) is 26.7 Å². The molecule has 0 atom stereocenters. The lowest BCUT2D eigenvalue weighted by Crippen LogP contribution is -2.39. The number of nitrogens with zero attached hydrogens (tertiary/aromatic N) is 3. The van der Waals surface area contributed by atoms with Gasteiger partial charge < -0.3 is 14.7 Å². The third-order valence-corrected chi connectivity index (χ3v) is 5.21. The van der Waals surface area contributed by atoms with E-state index in [9.17, 15) is 4.79 Å². The number of carbonyl (C=O) groups is 1. The molecule has 2 aromatic rings. The van der Waals surface area contributed by atoms with Gasteiger partial charge in [-0.15, -0.1) is 12.4 Å². The number of carbonyl (C=O) groups excluding carboxylic acids is 1. The zero-order chi connectivity index (χ0) is 18.0. The van der Waals surface area contributed by atoms with Crippen LogP contribution >= 0.6 is 12.4 Å². The largest absolute Gasteiger partial charge is 0.360 e. The minimum atomic E-state index is 0. The lowest BCUT2D eigenvalue weighted by Gasteiger charge is -2.32. The summed E-state index contributed by atoms with van der Waals surface area (Å²) in [5.41, 5.74) is 2.69. The van der Waals surface area contributed by atoms with Crippen LogP contribution < -0.4 is 5.32 Å². The minimum Gasteiger partial charge on any atom is -0.360 e. The molecule has 0 unspecified atom stereocenters. The zero-order valence-corrected chi connectivity index (χ0v) is 16.9. The summed E-state index contributed by atoms with van der Waals surface area (Å²) in [6, 6.07) is 3.86. The molecule has 6 nitrogen and oxygen atoms in total. The van der Waals surface area contributed by atoms with Crippen LogP contribution in [-0.4, -0.2) is 47.2 Å². The van der Waals surface area contributed by atoms with Crippen LogP contribution in [0.3, 0.4) is 0 Å². The van der Waals surface area contributed by atoms with Crippen molar-refractivity contribution in [1.82, 2.24) is 19.9 Å². The number of amides is 1. The molecule has 3 rings (SSSR count). The Morgan fingerprint density at radius 3 is 2.54 bits per heavy atom. The second kappa shape index (κ2) is 8.73. The molecule has 3 heterocycles. The van der Waals surface area contributed by atoms with Gasteiger partial charge in [0.2, 0.25) is 0 Å². The first-order valence-corrected chi connectivity index (χ1v) is 9.07. The summed E-state index contributed by atoms with van der Waals surface area (Å²) < 4.78 is 7.18. The van der Waals surface area contributed by atoms with Gasteiger partial charge in [-0.05, 0) is 65.6 Å². The summed E-state index contributed by atoms with van der Waals surface area (Å²) in [6.45, 7) is 8.59. The Morgan fingerprint density at radius 1 is 1.27 bits per heavy atom. The maximum absolute atomic E-state index is 13.0. The van der Waals surface area contributed by atoms with Crippen LogP contribution in [0.15, 0.2) is 16.7 Å². The average Bonchev–Trinajstić information content (AvgIpc) is 3.15. The summed E-state index contributed by atoms with van der Waals surface area (Å²) in [5, 5.41) is 7.30. The number of piperidine rings is 1. The molecule has 0 saturated carbocycles. The summed E-state index contributed by atoms with van der Waals surface area (Å²) in [4.78, 5) is 15.0. The quantitative estimate of drug-likeness (QED) is 0.864. The Labute approximate surface area is 161 Å². The molecule has 0 spiro atoms. The maximum Gasteiger partial charge on any atom is 0.255 e. The van der Waals surface area contributed by atoms with Gasteiger partial charge in [0.1, 0.15) is 5.76 Å². The van der Waals surface area contributed by atoms with E-state index in [0.717, 1.165) is 66.9 Å². The fourth-order valence-corrected chi connectivity index (χ4v) is 3.73. The number of aromatic nitrogens is 2. The van der Waals surface area contributed by atoms with E-state index >= 15 is 0 Å². The van der Waals surface area contributed by atoms with Crippen molar-refractivity contribution in [3.8, 4) is 5.82 Å². The molecule has 0 aliphatic carbocycles. The molecule has 144 valence electrons. The van der Waals surface area contributed by atoms with Gasteiger partial charge in [0, 0.05) is 30.5 Å². The molecule has 1 aliphatic rings. The predicted octanol–water partition coefficient (Wildman–Crippen LogP) is 3.27. The Balaban J connectivity index is 0.00000243. The fraction of sp³-hybridized carbons (Fsp3) is 0.579. The maximum atomic E-state index is 13.0. The highest BCUT2D eigenvalue weighted by Crippen LogP contribution is 2.25. The number of nitrogens with one attached hydrogen (secondary N) is 1. The molecule has 1 fully saturated rings. The molecule has 0 aromatic carbocycles. The lowest BCUT2D eigenvalue weighted by molar-refractivity contribution is 0.0686. The number of halogens is 1. The Hall–Kier alpha value is -1.79. The topological polar surface area (TPSA) is 63.3 Å². The Bertz CT molecular complexity index is 745. The highest BCUT2D eigenvalue weighted by molar-refractivity contribution is 5.96. The molecular formula is C19H29ClN4O2. The van der Waals surface area contributed by atoms with Crippen LogP contribution in [0.4, 0.5) is 0 Å². The van der Waals surface area contributed by atoms with Crippen LogP contribution in [0.1, 0.15) is 46.8 Å². The van der Waals surface area contributed by atoms with Gasteiger partial charge in [0.15, 0.2) is 5.82 Å². The number of likely N-dealkylation sites (tertiary alicyclic amines) is 1. The third kappa shape index (κ3) is 4.13. The van der Waals surface area contributed by atoms with Crippen molar-refractivity contribution in [3.63, 3.8) is 0 Å². The van der Waals surface area contributed by atoms with E-state index in [1.807, 2.05) is 49.4 Å². The highest BCUT2D eigenvalue weighted by atomic mass is 35.5. The van der Waals surface area contributed by atoms with Crippen LogP contribution in [0.25, 0.3) is 5.82 Å². The van der Waals surface area contributed by atoms with E-state index in [2.05, 4.69) is 10.5 Å². The number of hydrogen-bond acceptors (Lipinski definition) is 4. The van der Waals surface area contributed by atoms with Crippen LogP contribution in [0, 0.1) is 26.7 Å². The molecule has 26 heavy (non-hydrogen) atoms. The van der Waals surface area contributed by atoms with Crippen LogP contribution in [0.2, 0.25) is 0 Å². The van der Waals surface area contributed by atoms with Crippen molar-refractivity contribution >= 4 is 18.3 Å². The van der Waals surface area contributed by atoms with Crippen LogP contribution in [0.5, 0.6) is 0 Å². The van der Waals surface area contributed by atoms with Gasteiger partial charge in [0.25, 0.3) is 5.91 Å². The summed E-state index contributed by atoms with van der Waals surface area (Å²) in [5.74, 6) is 2.35. The van der Waals surface area contributed by atoms with Crippen LogP contribution in [-0.2, 0) is 0 Å². The van der Waals surface area contributed by atoms with Gasteiger partial charge >= 0.3 is 0 Å². The second-order valence-corrected chi connectivity index (χ2v) is 7.04. The number of aryl methyl sites for hydroxylation is 2. The molecule has 1 amide bonds. The third-order valence-electron chi connectivity index (χ3n) is 5.21. The van der Waals surface area contributed by atoms with E-state index in [1.54, 1.807) is 0 Å². The average molecular weight is 381 g/mol. The minimum absolute atomic E-state index is 0. The lowest BCUT2D eigenvalue weighted by atomic mass is 9.93. The van der Waals surface area contributed by atoms with Gasteiger partial charge in [-0.3, -0.25) is 9.36 Å². The van der Waals surface area contributed by atoms with Gasteiger partial charge in [-0.25, -0.2) is 0 Å². The monoisotopic (exact) mass is 380 g/mol. The number of rotatable bonds is 5. The smallest absolute Gasteiger partial charge is 0.255 e. The standard InChI is InChI=1S/C19H28N4O2.ClH/c1-13-11-17(15(3)23(13)18-12-14(2)25-21-18)19(24)22-9-6-16(7-10-22)5-8-20-4;/h11-12,16,20H,5-10H2,1-4H3;1H. The summed E-state index contributed by atoms with van der Waals surface area (Å²) in [7, 11) is 1.99. The van der Waals surface area contributed by atoms with Gasteiger partial charge in [-0.1, -0.05) is 5.16 Å².